The lowest BCUT2D eigenvalue weighted by Crippen LogP contribution is -2.48. The summed E-state index contributed by atoms with van der Waals surface area (Å²) < 4.78 is 11.3. The molecule has 7 heteroatoms. The van der Waals surface area contributed by atoms with Crippen molar-refractivity contribution in [3.63, 3.8) is 0 Å². The van der Waals surface area contributed by atoms with E-state index in [0.29, 0.717) is 47.7 Å². The summed E-state index contributed by atoms with van der Waals surface area (Å²) in [4.78, 5) is 21.6. The third kappa shape index (κ3) is 5.86. The maximum atomic E-state index is 13.0. The Morgan fingerprint density at radius 3 is 2.60 bits per heavy atom. The molecule has 1 aromatic heterocycles. The summed E-state index contributed by atoms with van der Waals surface area (Å²) in [5, 5.41) is 0.398. The van der Waals surface area contributed by atoms with Crippen molar-refractivity contribution in [1.82, 2.24) is 14.8 Å². The van der Waals surface area contributed by atoms with Crippen LogP contribution < -0.4 is 9.47 Å². The van der Waals surface area contributed by atoms with Crippen LogP contribution in [0, 0.1) is 5.92 Å². The number of ether oxygens (including phenoxy) is 2. The van der Waals surface area contributed by atoms with E-state index in [1.165, 1.54) is 0 Å². The molecule has 1 aromatic carbocycles. The summed E-state index contributed by atoms with van der Waals surface area (Å²) >= 11 is 6.43. The van der Waals surface area contributed by atoms with Crippen LogP contribution in [0.4, 0.5) is 0 Å². The van der Waals surface area contributed by atoms with Gasteiger partial charge in [-0.25, -0.2) is 0 Å². The van der Waals surface area contributed by atoms with Crippen molar-refractivity contribution >= 4 is 17.5 Å². The number of carbonyl (C=O) groups excluding carboxylic acids is 1. The van der Waals surface area contributed by atoms with Crippen molar-refractivity contribution < 1.29 is 14.3 Å². The van der Waals surface area contributed by atoms with Crippen molar-refractivity contribution in [3.05, 3.63) is 52.8 Å². The van der Waals surface area contributed by atoms with Crippen LogP contribution >= 0.6 is 11.6 Å². The summed E-state index contributed by atoms with van der Waals surface area (Å²) in [6.07, 6.45) is 2.73. The van der Waals surface area contributed by atoms with Crippen molar-refractivity contribution in [2.75, 3.05) is 39.9 Å². The molecule has 0 unspecified atom stereocenters. The number of halogens is 1. The number of nitrogens with zero attached hydrogens (tertiary/aromatic N) is 3. The summed E-state index contributed by atoms with van der Waals surface area (Å²) in [5.41, 5.74) is 1.56. The highest BCUT2D eigenvalue weighted by molar-refractivity contribution is 6.32. The van der Waals surface area contributed by atoms with Gasteiger partial charge in [0.1, 0.15) is 0 Å². The normalized spacial score (nSPS) is 14.8. The van der Waals surface area contributed by atoms with E-state index in [1.807, 2.05) is 29.3 Å². The molecule has 0 radical (unpaired) electrons. The van der Waals surface area contributed by atoms with Gasteiger partial charge < -0.3 is 14.4 Å². The van der Waals surface area contributed by atoms with Crippen LogP contribution in [0.5, 0.6) is 11.5 Å². The predicted molar refractivity (Wildman–Crippen MR) is 118 cm³/mol. The van der Waals surface area contributed by atoms with Gasteiger partial charge in [0, 0.05) is 44.5 Å². The van der Waals surface area contributed by atoms with E-state index in [2.05, 4.69) is 23.7 Å². The van der Waals surface area contributed by atoms with Gasteiger partial charge in [-0.2, -0.15) is 0 Å². The van der Waals surface area contributed by atoms with E-state index in [1.54, 1.807) is 19.2 Å². The van der Waals surface area contributed by atoms with Crippen LogP contribution in [0.15, 0.2) is 36.5 Å². The van der Waals surface area contributed by atoms with E-state index in [4.69, 9.17) is 21.1 Å². The lowest BCUT2D eigenvalue weighted by molar-refractivity contribution is 0.0626. The molecular formula is C23H30ClN3O3. The Morgan fingerprint density at radius 1 is 1.20 bits per heavy atom. The van der Waals surface area contributed by atoms with Crippen molar-refractivity contribution in [2.45, 2.75) is 26.8 Å². The number of benzene rings is 1. The van der Waals surface area contributed by atoms with Crippen LogP contribution in [0.25, 0.3) is 0 Å². The highest BCUT2D eigenvalue weighted by Crippen LogP contribution is 2.37. The molecule has 1 aliphatic heterocycles. The zero-order chi connectivity index (χ0) is 21.5. The molecule has 1 amide bonds. The van der Waals surface area contributed by atoms with Crippen LogP contribution in [-0.4, -0.2) is 60.6 Å². The second-order valence-electron chi connectivity index (χ2n) is 7.91. The average Bonchev–Trinajstić information content (AvgIpc) is 2.75. The van der Waals surface area contributed by atoms with Gasteiger partial charge in [0.05, 0.1) is 24.4 Å². The molecular weight excluding hydrogens is 402 g/mol. The molecule has 1 fully saturated rings. The fourth-order valence-electron chi connectivity index (χ4n) is 3.39. The minimum atomic E-state index is -0.0404. The molecule has 0 spiro atoms. The number of rotatable bonds is 8. The quantitative estimate of drug-likeness (QED) is 0.629. The number of amides is 1. The first-order valence-electron chi connectivity index (χ1n) is 10.4. The highest BCUT2D eigenvalue weighted by atomic mass is 35.5. The van der Waals surface area contributed by atoms with Crippen LogP contribution in [0.1, 0.15) is 36.3 Å². The van der Waals surface area contributed by atoms with E-state index in [0.717, 1.165) is 31.7 Å². The molecule has 3 rings (SSSR count). The van der Waals surface area contributed by atoms with Crippen LogP contribution in [0.3, 0.4) is 0 Å². The first-order valence-corrected chi connectivity index (χ1v) is 10.8. The molecule has 0 aliphatic carbocycles. The average molecular weight is 432 g/mol. The monoisotopic (exact) mass is 431 g/mol. The number of carbonyl (C=O) groups is 1. The van der Waals surface area contributed by atoms with Gasteiger partial charge >= 0.3 is 0 Å². The maximum absolute atomic E-state index is 13.0. The van der Waals surface area contributed by atoms with Gasteiger partial charge in [-0.15, -0.1) is 0 Å². The van der Waals surface area contributed by atoms with E-state index in [-0.39, 0.29) is 5.91 Å². The number of aromatic nitrogens is 1. The van der Waals surface area contributed by atoms with Crippen LogP contribution in [0.2, 0.25) is 5.02 Å². The second kappa shape index (κ2) is 10.6. The molecule has 1 aliphatic rings. The van der Waals surface area contributed by atoms with Crippen molar-refractivity contribution in [2.24, 2.45) is 5.92 Å². The third-order valence-electron chi connectivity index (χ3n) is 5.19. The lowest BCUT2D eigenvalue weighted by Gasteiger charge is -2.34. The van der Waals surface area contributed by atoms with Gasteiger partial charge in [0.25, 0.3) is 5.91 Å². The Bertz CT molecular complexity index is 837. The topological polar surface area (TPSA) is 54.9 Å². The summed E-state index contributed by atoms with van der Waals surface area (Å²) in [7, 11) is 1.56. The first kappa shape index (κ1) is 22.4. The summed E-state index contributed by atoms with van der Waals surface area (Å²) in [6.45, 7) is 8.58. The molecule has 6 nitrogen and oxygen atoms in total. The van der Waals surface area contributed by atoms with E-state index >= 15 is 0 Å². The largest absolute Gasteiger partial charge is 0.493 e. The zero-order valence-corrected chi connectivity index (χ0v) is 18.7. The van der Waals surface area contributed by atoms with Gasteiger partial charge in [-0.05, 0) is 36.6 Å². The molecule has 0 bridgehead atoms. The molecule has 30 heavy (non-hydrogen) atoms. The second-order valence-corrected chi connectivity index (χ2v) is 8.32. The number of hydrogen-bond acceptors (Lipinski definition) is 5. The smallest absolute Gasteiger partial charge is 0.254 e. The number of pyridine rings is 1. The highest BCUT2D eigenvalue weighted by Gasteiger charge is 2.24. The predicted octanol–water partition coefficient (Wildman–Crippen LogP) is 4.13. The third-order valence-corrected chi connectivity index (χ3v) is 5.47. The summed E-state index contributed by atoms with van der Waals surface area (Å²) in [6, 6.07) is 9.34. The number of methoxy groups -OCH3 is 1. The van der Waals surface area contributed by atoms with Gasteiger partial charge in [0.15, 0.2) is 11.5 Å². The Hall–Kier alpha value is -2.31. The van der Waals surface area contributed by atoms with E-state index in [9.17, 15) is 4.79 Å². The van der Waals surface area contributed by atoms with Gasteiger partial charge in [0.2, 0.25) is 0 Å². The first-order chi connectivity index (χ1) is 14.5. The Morgan fingerprint density at radius 2 is 1.97 bits per heavy atom. The van der Waals surface area contributed by atoms with Gasteiger partial charge in [-0.3, -0.25) is 14.7 Å². The molecule has 2 aromatic rings. The molecule has 0 N–H and O–H groups in total. The maximum Gasteiger partial charge on any atom is 0.254 e. The SMILES string of the molecule is COc1cc(C(=O)N2CCN(Cc3ccccn3)CC2)cc(Cl)c1OCCC(C)C. The minimum absolute atomic E-state index is 0.0404. The Labute approximate surface area is 183 Å². The summed E-state index contributed by atoms with van der Waals surface area (Å²) in [5.74, 6) is 1.48. The standard InChI is InChI=1S/C23H30ClN3O3/c1-17(2)7-13-30-22-20(24)14-18(15-21(22)29-3)23(28)27-11-9-26(10-12-27)16-19-6-4-5-8-25-19/h4-6,8,14-15,17H,7,9-13,16H2,1-3H3. The van der Waals surface area contributed by atoms with Crippen molar-refractivity contribution in [3.8, 4) is 11.5 Å². The Balaban J connectivity index is 1.61. The molecule has 0 atom stereocenters. The fourth-order valence-corrected chi connectivity index (χ4v) is 3.66. The number of piperazine rings is 1. The molecule has 1 saturated heterocycles. The molecule has 162 valence electrons. The minimum Gasteiger partial charge on any atom is -0.493 e. The number of hydrogen-bond donors (Lipinski definition) is 0. The van der Waals surface area contributed by atoms with Crippen LogP contribution in [-0.2, 0) is 6.54 Å². The van der Waals surface area contributed by atoms with E-state index < -0.39 is 0 Å². The molecule has 0 saturated carbocycles. The zero-order valence-electron chi connectivity index (χ0n) is 17.9. The molecule has 2 heterocycles. The Kier molecular flexibility index (Phi) is 7.94. The lowest BCUT2D eigenvalue weighted by atomic mass is 10.1. The van der Waals surface area contributed by atoms with Crippen molar-refractivity contribution in [1.29, 1.82) is 0 Å². The van der Waals surface area contributed by atoms with Gasteiger partial charge in [-0.1, -0.05) is 31.5 Å². The fraction of sp³-hybridized carbons (Fsp3) is 0.478.